The van der Waals surface area contributed by atoms with Crippen LogP contribution in [0, 0.1) is 0 Å². The number of methoxy groups -OCH3 is 1. The Bertz CT molecular complexity index is 624. The summed E-state index contributed by atoms with van der Waals surface area (Å²) in [6.45, 7) is 0. The molecule has 20 heavy (non-hydrogen) atoms. The van der Waals surface area contributed by atoms with Crippen molar-refractivity contribution in [2.45, 2.75) is 0 Å². The average molecular weight is 293 g/mol. The Labute approximate surface area is 118 Å². The highest BCUT2D eigenvalue weighted by Gasteiger charge is 2.10. The van der Waals surface area contributed by atoms with Gasteiger partial charge in [0, 0.05) is 10.9 Å². The third-order valence-corrected chi connectivity index (χ3v) is 3.12. The highest BCUT2D eigenvalue weighted by Crippen LogP contribution is 2.15. The Kier molecular flexibility index (Phi) is 4.16. The molecule has 0 fully saturated rings. The minimum Gasteiger partial charge on any atom is -0.497 e. The van der Waals surface area contributed by atoms with Gasteiger partial charge in [-0.15, -0.1) is 11.3 Å². The van der Waals surface area contributed by atoms with Gasteiger partial charge in [0.05, 0.1) is 7.11 Å². The van der Waals surface area contributed by atoms with Gasteiger partial charge in [-0.25, -0.2) is 9.78 Å². The first-order chi connectivity index (χ1) is 9.60. The summed E-state index contributed by atoms with van der Waals surface area (Å²) < 4.78 is 4.99. The second-order valence-corrected chi connectivity index (χ2v) is 4.51. The summed E-state index contributed by atoms with van der Waals surface area (Å²) in [5, 5.41) is 10.4. The second kappa shape index (κ2) is 6.02. The van der Waals surface area contributed by atoms with Gasteiger partial charge in [0.2, 0.25) is 5.13 Å². The molecule has 0 bridgehead atoms. The van der Waals surface area contributed by atoms with Crippen LogP contribution < -0.4 is 15.6 Å². The van der Waals surface area contributed by atoms with E-state index in [9.17, 15) is 9.59 Å². The highest BCUT2D eigenvalue weighted by atomic mass is 32.1. The molecule has 3 N–H and O–H groups in total. The lowest BCUT2D eigenvalue weighted by Gasteiger charge is -2.06. The maximum atomic E-state index is 11.8. The molecule has 1 amide bonds. The van der Waals surface area contributed by atoms with E-state index in [0.717, 1.165) is 11.3 Å². The van der Waals surface area contributed by atoms with Crippen LogP contribution in [-0.4, -0.2) is 29.1 Å². The predicted octanol–water partition coefficient (Wildman–Crippen LogP) is 1.61. The molecule has 0 radical (unpaired) electrons. The molecule has 0 unspecified atom stereocenters. The Morgan fingerprint density at radius 3 is 2.55 bits per heavy atom. The number of nitrogens with zero attached hydrogens (tertiary/aromatic N) is 1. The molecule has 0 aliphatic heterocycles. The first-order valence-electron chi connectivity index (χ1n) is 5.49. The van der Waals surface area contributed by atoms with Gasteiger partial charge in [0.25, 0.3) is 5.91 Å². The number of benzene rings is 1. The topological polar surface area (TPSA) is 101 Å². The fourth-order valence-corrected chi connectivity index (χ4v) is 1.99. The zero-order valence-electron chi connectivity index (χ0n) is 10.4. The monoisotopic (exact) mass is 293 g/mol. The Hall–Kier alpha value is -2.61. The number of aromatic carboxylic acids is 1. The molecule has 8 heteroatoms. The molecule has 2 rings (SSSR count). The van der Waals surface area contributed by atoms with Crippen molar-refractivity contribution >= 4 is 28.3 Å². The van der Waals surface area contributed by atoms with Gasteiger partial charge in [-0.1, -0.05) is 0 Å². The normalized spacial score (nSPS) is 9.85. The smallest absolute Gasteiger partial charge is 0.355 e. The molecule has 0 saturated heterocycles. The minimum absolute atomic E-state index is 0.0730. The van der Waals surface area contributed by atoms with Crippen LogP contribution in [0.1, 0.15) is 20.8 Å². The highest BCUT2D eigenvalue weighted by molar-refractivity contribution is 7.13. The summed E-state index contributed by atoms with van der Waals surface area (Å²) in [5.41, 5.74) is 5.36. The largest absolute Gasteiger partial charge is 0.497 e. The second-order valence-electron chi connectivity index (χ2n) is 3.65. The summed E-state index contributed by atoms with van der Waals surface area (Å²) in [5.74, 6) is -0.823. The van der Waals surface area contributed by atoms with Crippen molar-refractivity contribution in [2.75, 3.05) is 12.5 Å². The van der Waals surface area contributed by atoms with Gasteiger partial charge in [-0.2, -0.15) is 0 Å². The number of amides is 1. The number of aromatic nitrogens is 1. The lowest BCUT2D eigenvalue weighted by atomic mass is 10.2. The number of rotatable bonds is 5. The molecule has 1 heterocycles. The number of carboxylic acids is 1. The van der Waals surface area contributed by atoms with Crippen LogP contribution in [0.2, 0.25) is 0 Å². The van der Waals surface area contributed by atoms with Crippen LogP contribution in [-0.2, 0) is 0 Å². The van der Waals surface area contributed by atoms with Crippen LogP contribution in [0.25, 0.3) is 0 Å². The SMILES string of the molecule is COc1ccc(C(=O)NNc2nc(C(=O)O)cs2)cc1. The average Bonchev–Trinajstić information content (AvgIpc) is 2.94. The standard InChI is InChI=1S/C12H11N3O4S/c1-19-8-4-2-7(3-5-8)10(16)14-15-12-13-9(6-20-12)11(17)18/h2-6H,1H3,(H,13,15)(H,14,16)(H,17,18). The van der Waals surface area contributed by atoms with Crippen LogP contribution in [0.3, 0.4) is 0 Å². The molecule has 0 saturated carbocycles. The van der Waals surface area contributed by atoms with E-state index in [2.05, 4.69) is 15.8 Å². The first kappa shape index (κ1) is 13.8. The molecular weight excluding hydrogens is 282 g/mol. The lowest BCUT2D eigenvalue weighted by Crippen LogP contribution is -2.29. The van der Waals surface area contributed by atoms with Gasteiger partial charge in [-0.05, 0) is 24.3 Å². The number of carboxylic acid groups (broad SMARTS) is 1. The zero-order valence-corrected chi connectivity index (χ0v) is 11.2. The van der Waals surface area contributed by atoms with Crippen molar-refractivity contribution in [3.05, 3.63) is 40.9 Å². The third-order valence-electron chi connectivity index (χ3n) is 2.36. The molecule has 0 spiro atoms. The van der Waals surface area contributed by atoms with Crippen LogP contribution >= 0.6 is 11.3 Å². The molecule has 2 aromatic rings. The summed E-state index contributed by atoms with van der Waals surface area (Å²) in [6, 6.07) is 6.56. The Balaban J connectivity index is 1.95. The van der Waals surface area contributed by atoms with Gasteiger partial charge in [0.15, 0.2) is 5.69 Å². The summed E-state index contributed by atoms with van der Waals surface area (Å²) >= 11 is 1.08. The molecule has 0 aliphatic carbocycles. The number of anilines is 1. The van der Waals surface area contributed by atoms with E-state index < -0.39 is 5.97 Å². The van der Waals surface area contributed by atoms with E-state index in [1.807, 2.05) is 0 Å². The molecule has 7 nitrogen and oxygen atoms in total. The molecule has 104 valence electrons. The number of hydrogen-bond acceptors (Lipinski definition) is 6. The Morgan fingerprint density at radius 2 is 2.00 bits per heavy atom. The van der Waals surface area contributed by atoms with Crippen molar-refractivity contribution in [1.29, 1.82) is 0 Å². The van der Waals surface area contributed by atoms with E-state index in [4.69, 9.17) is 9.84 Å². The van der Waals surface area contributed by atoms with Gasteiger partial charge < -0.3 is 9.84 Å². The van der Waals surface area contributed by atoms with Crippen LogP contribution in [0.4, 0.5) is 5.13 Å². The van der Waals surface area contributed by atoms with Crippen molar-refractivity contribution in [3.63, 3.8) is 0 Å². The van der Waals surface area contributed by atoms with E-state index in [0.29, 0.717) is 16.4 Å². The predicted molar refractivity (Wildman–Crippen MR) is 73.2 cm³/mol. The van der Waals surface area contributed by atoms with Gasteiger partial charge in [0.1, 0.15) is 5.75 Å². The Morgan fingerprint density at radius 1 is 1.30 bits per heavy atom. The minimum atomic E-state index is -1.12. The number of ether oxygens (including phenoxy) is 1. The molecule has 1 aromatic heterocycles. The maximum absolute atomic E-state index is 11.8. The fourth-order valence-electron chi connectivity index (χ4n) is 1.35. The molecule has 1 aromatic carbocycles. The number of thiazole rings is 1. The van der Waals surface area contributed by atoms with Gasteiger partial charge in [-0.3, -0.25) is 15.6 Å². The zero-order chi connectivity index (χ0) is 14.5. The number of carbonyl (C=O) groups excluding carboxylic acids is 1. The molecule has 0 aliphatic rings. The summed E-state index contributed by atoms with van der Waals surface area (Å²) in [7, 11) is 1.54. The van der Waals surface area contributed by atoms with Crippen molar-refractivity contribution < 1.29 is 19.4 Å². The number of hydrogen-bond donors (Lipinski definition) is 3. The lowest BCUT2D eigenvalue weighted by molar-refractivity contribution is 0.0691. The van der Waals surface area contributed by atoms with Crippen molar-refractivity contribution in [2.24, 2.45) is 0 Å². The van der Waals surface area contributed by atoms with E-state index >= 15 is 0 Å². The first-order valence-corrected chi connectivity index (χ1v) is 6.37. The number of hydrazine groups is 1. The quantitative estimate of drug-likeness (QED) is 0.724. The van der Waals surface area contributed by atoms with Crippen molar-refractivity contribution in [3.8, 4) is 5.75 Å². The van der Waals surface area contributed by atoms with E-state index in [1.54, 1.807) is 31.4 Å². The van der Waals surface area contributed by atoms with Crippen molar-refractivity contribution in [1.82, 2.24) is 10.4 Å². The third kappa shape index (κ3) is 3.23. The van der Waals surface area contributed by atoms with Crippen LogP contribution in [0.5, 0.6) is 5.75 Å². The van der Waals surface area contributed by atoms with Gasteiger partial charge >= 0.3 is 5.97 Å². The maximum Gasteiger partial charge on any atom is 0.355 e. The van der Waals surface area contributed by atoms with E-state index in [1.165, 1.54) is 5.38 Å². The number of carbonyl (C=O) groups is 2. The molecule has 0 atom stereocenters. The number of nitrogens with one attached hydrogen (secondary N) is 2. The van der Waals surface area contributed by atoms with E-state index in [-0.39, 0.29) is 11.6 Å². The fraction of sp³-hybridized carbons (Fsp3) is 0.0833. The summed E-state index contributed by atoms with van der Waals surface area (Å²) in [4.78, 5) is 26.2. The molecular formula is C12H11N3O4S. The summed E-state index contributed by atoms with van der Waals surface area (Å²) in [6.07, 6.45) is 0. The van der Waals surface area contributed by atoms with Crippen LogP contribution in [0.15, 0.2) is 29.6 Å².